The minimum absolute atomic E-state index is 0.0116. The van der Waals surface area contributed by atoms with Crippen molar-refractivity contribution in [3.05, 3.63) is 118 Å². The second kappa shape index (κ2) is 11.0. The van der Waals surface area contributed by atoms with E-state index in [4.69, 9.17) is 26.5 Å². The molecule has 13 nitrogen and oxygen atoms in total. The Labute approximate surface area is 254 Å². The van der Waals surface area contributed by atoms with E-state index in [1.165, 1.54) is 40.4 Å². The third-order valence-corrected chi connectivity index (χ3v) is 7.70. The molecule has 1 aliphatic rings. The van der Waals surface area contributed by atoms with E-state index in [2.05, 4.69) is 37.8 Å². The highest BCUT2D eigenvalue weighted by Gasteiger charge is 2.20. The van der Waals surface area contributed by atoms with E-state index in [0.717, 1.165) is 46.9 Å². The number of carbonyl (C=O) groups excluding carboxylic acids is 1. The fourth-order valence-electron chi connectivity index (χ4n) is 5.57. The van der Waals surface area contributed by atoms with Crippen molar-refractivity contribution in [2.75, 3.05) is 5.73 Å². The first-order valence-corrected chi connectivity index (χ1v) is 14.1. The zero-order chi connectivity index (χ0) is 31.1. The van der Waals surface area contributed by atoms with Crippen molar-refractivity contribution in [3.63, 3.8) is 0 Å². The van der Waals surface area contributed by atoms with Gasteiger partial charge in [-0.15, -0.1) is 0 Å². The molecule has 0 radical (unpaired) electrons. The molecule has 1 aliphatic carbocycles. The van der Waals surface area contributed by atoms with Crippen LogP contribution in [-0.4, -0.2) is 49.7 Å². The summed E-state index contributed by atoms with van der Waals surface area (Å²) in [5.41, 5.74) is 17.3. The van der Waals surface area contributed by atoms with E-state index in [-0.39, 0.29) is 16.6 Å². The molecule has 6 heterocycles. The van der Waals surface area contributed by atoms with Gasteiger partial charge in [-0.25, -0.2) is 24.6 Å². The number of nitrogens with two attached hydrogens (primary N) is 2. The number of primary amides is 1. The van der Waals surface area contributed by atoms with Crippen molar-refractivity contribution >= 4 is 34.8 Å². The number of pyridine rings is 3. The Balaban J connectivity index is 0.000000183. The molecule has 0 spiro atoms. The number of benzene rings is 1. The van der Waals surface area contributed by atoms with Crippen molar-refractivity contribution in [2.24, 2.45) is 5.73 Å². The first-order valence-electron chi connectivity index (χ1n) is 14.1. The molecule has 45 heavy (non-hydrogen) atoms. The summed E-state index contributed by atoms with van der Waals surface area (Å²) in [6.45, 7) is 0. The van der Waals surface area contributed by atoms with Crippen LogP contribution in [0.15, 0.2) is 90.4 Å². The predicted molar refractivity (Wildman–Crippen MR) is 168 cm³/mol. The summed E-state index contributed by atoms with van der Waals surface area (Å²) in [6, 6.07) is 17.4. The zero-order valence-corrected chi connectivity index (χ0v) is 23.8. The van der Waals surface area contributed by atoms with E-state index in [9.17, 15) is 9.59 Å². The second-order valence-electron chi connectivity index (χ2n) is 10.4. The molecule has 0 fully saturated rings. The highest BCUT2D eigenvalue weighted by molar-refractivity contribution is 5.91. The first-order chi connectivity index (χ1) is 21.9. The van der Waals surface area contributed by atoms with Gasteiger partial charge in [-0.2, -0.15) is 5.10 Å². The molecule has 5 N–H and O–H groups in total. The number of imidazole rings is 2. The normalized spacial score (nSPS) is 12.8. The number of fused-ring (bicyclic) bond motifs is 3. The van der Waals surface area contributed by atoms with Crippen LogP contribution in [0.3, 0.4) is 0 Å². The van der Waals surface area contributed by atoms with Crippen LogP contribution >= 0.6 is 0 Å². The molecule has 6 aromatic heterocycles. The molecule has 7 aromatic rings. The summed E-state index contributed by atoms with van der Waals surface area (Å²) in [5.74, 6) is 1.22. The minimum Gasteiger partial charge on any atom is -0.515 e. The van der Waals surface area contributed by atoms with Gasteiger partial charge < -0.3 is 16.6 Å². The lowest BCUT2D eigenvalue weighted by molar-refractivity contribution is 0.0994. The lowest BCUT2D eigenvalue weighted by Crippen LogP contribution is -2.30. The SMILES string of the molecule is NC(=O)c1c/c(=C/O)c(=O)c2nccn12.Nc1ncccc1-c1nc2ccc(-n3cccn3)nc2n1-c1ccc2c(c1)CCC2. The number of nitrogen functional groups attached to an aromatic ring is 1. The van der Waals surface area contributed by atoms with Gasteiger partial charge in [0.15, 0.2) is 22.9 Å². The van der Waals surface area contributed by atoms with Crippen LogP contribution in [0.4, 0.5) is 5.82 Å². The van der Waals surface area contributed by atoms with Crippen molar-refractivity contribution in [1.82, 2.24) is 38.7 Å². The van der Waals surface area contributed by atoms with Crippen LogP contribution in [0.5, 0.6) is 0 Å². The Morgan fingerprint density at radius 3 is 2.56 bits per heavy atom. The maximum atomic E-state index is 11.6. The number of hydrogen-bond acceptors (Lipinski definition) is 9. The van der Waals surface area contributed by atoms with Crippen molar-refractivity contribution in [2.45, 2.75) is 19.3 Å². The summed E-state index contributed by atoms with van der Waals surface area (Å²) < 4.78 is 5.11. The Hall–Kier alpha value is -6.37. The average Bonchev–Trinajstić information content (AvgIpc) is 3.87. The Morgan fingerprint density at radius 1 is 0.911 bits per heavy atom. The highest BCUT2D eigenvalue weighted by atomic mass is 16.2. The van der Waals surface area contributed by atoms with Crippen LogP contribution < -0.4 is 22.1 Å². The van der Waals surface area contributed by atoms with Crippen LogP contribution in [0, 0.1) is 0 Å². The van der Waals surface area contributed by atoms with Crippen LogP contribution in [0.1, 0.15) is 28.0 Å². The molecule has 1 aromatic carbocycles. The van der Waals surface area contributed by atoms with E-state index in [1.54, 1.807) is 17.1 Å². The second-order valence-corrected chi connectivity index (χ2v) is 10.4. The molecule has 0 aliphatic heterocycles. The Bertz CT molecular complexity index is 2340. The van der Waals surface area contributed by atoms with Gasteiger partial charge in [0.1, 0.15) is 17.0 Å². The fourth-order valence-corrected chi connectivity index (χ4v) is 5.57. The lowest BCUT2D eigenvalue weighted by Gasteiger charge is -2.12. The highest BCUT2D eigenvalue weighted by Crippen LogP contribution is 2.32. The molecule has 8 rings (SSSR count). The maximum absolute atomic E-state index is 11.6. The van der Waals surface area contributed by atoms with E-state index in [0.29, 0.717) is 12.1 Å². The standard InChI is InChI=1S/C23H19N7.C9H7N3O3/c24-21-18(6-2-11-25-21)22-27-19-9-10-20(29-13-3-12-26-29)28-23(19)30(22)17-8-7-15-4-1-5-16(15)14-17;10-8(15)6-3-5(4-13)7(14)9-11-1-2-12(6)9/h2-3,6-14H,1,4-5H2,(H2,24,25);1-4,13H,(H2,10,15)/b;5-4-. The molecule has 13 heteroatoms. The number of aliphatic hydroxyl groups is 1. The van der Waals surface area contributed by atoms with Crippen molar-refractivity contribution in [3.8, 4) is 22.9 Å². The van der Waals surface area contributed by atoms with E-state index >= 15 is 0 Å². The molecule has 0 atom stereocenters. The third kappa shape index (κ3) is 4.81. The van der Waals surface area contributed by atoms with Crippen LogP contribution in [-0.2, 0) is 12.8 Å². The van der Waals surface area contributed by atoms with Crippen molar-refractivity contribution < 1.29 is 9.90 Å². The van der Waals surface area contributed by atoms with E-state index < -0.39 is 11.3 Å². The first kappa shape index (κ1) is 27.5. The van der Waals surface area contributed by atoms with Gasteiger partial charge in [-0.3, -0.25) is 18.6 Å². The Morgan fingerprint density at radius 2 is 1.78 bits per heavy atom. The summed E-state index contributed by atoms with van der Waals surface area (Å²) >= 11 is 0. The third-order valence-electron chi connectivity index (χ3n) is 7.70. The topological polar surface area (TPSA) is 185 Å². The number of aryl methyl sites for hydroxylation is 2. The minimum atomic E-state index is -0.693. The van der Waals surface area contributed by atoms with Crippen LogP contribution in [0.2, 0.25) is 0 Å². The zero-order valence-electron chi connectivity index (χ0n) is 23.8. The van der Waals surface area contributed by atoms with E-state index in [1.807, 2.05) is 36.5 Å². The molecule has 0 saturated heterocycles. The number of rotatable bonds is 4. The van der Waals surface area contributed by atoms with Gasteiger partial charge >= 0.3 is 0 Å². The molecular formula is C32H26N10O3. The monoisotopic (exact) mass is 598 g/mol. The maximum Gasteiger partial charge on any atom is 0.265 e. The summed E-state index contributed by atoms with van der Waals surface area (Å²) in [4.78, 5) is 40.5. The summed E-state index contributed by atoms with van der Waals surface area (Å²) in [6.07, 6.45) is 12.2. The van der Waals surface area contributed by atoms with Gasteiger partial charge in [-0.1, -0.05) is 6.07 Å². The number of anilines is 1. The molecule has 1 amide bonds. The number of nitrogens with zero attached hydrogens (tertiary/aromatic N) is 8. The smallest absolute Gasteiger partial charge is 0.265 e. The molecule has 222 valence electrons. The quantitative estimate of drug-likeness (QED) is 0.274. The lowest BCUT2D eigenvalue weighted by atomic mass is 10.1. The predicted octanol–water partition coefficient (Wildman–Crippen LogP) is 2.55. The molecule has 0 bridgehead atoms. The van der Waals surface area contributed by atoms with Gasteiger partial charge in [0.05, 0.1) is 17.0 Å². The summed E-state index contributed by atoms with van der Waals surface area (Å²) in [7, 11) is 0. The van der Waals surface area contributed by atoms with Crippen molar-refractivity contribution in [1.29, 1.82) is 0 Å². The average molecular weight is 599 g/mol. The summed E-state index contributed by atoms with van der Waals surface area (Å²) in [5, 5.41) is 13.1. The largest absolute Gasteiger partial charge is 0.515 e. The Kier molecular flexibility index (Phi) is 6.74. The number of carbonyl (C=O) groups is 1. The van der Waals surface area contributed by atoms with Gasteiger partial charge in [0.25, 0.3) is 5.91 Å². The molecule has 0 saturated carbocycles. The molecular weight excluding hydrogens is 572 g/mol. The number of aliphatic hydroxyl groups excluding tert-OH is 1. The van der Waals surface area contributed by atoms with Crippen LogP contribution in [0.25, 0.3) is 46.0 Å². The van der Waals surface area contributed by atoms with Gasteiger partial charge in [0.2, 0.25) is 5.43 Å². The number of aromatic nitrogens is 8. The molecule has 0 unspecified atom stereocenters. The number of hydrogen-bond donors (Lipinski definition) is 3. The van der Waals surface area contributed by atoms with Gasteiger partial charge in [0, 0.05) is 36.7 Å². The van der Waals surface area contributed by atoms with Gasteiger partial charge in [-0.05, 0) is 78.9 Å². The number of amides is 1. The fraction of sp³-hybridized carbons (Fsp3) is 0.0938.